The van der Waals surface area contributed by atoms with Gasteiger partial charge in [-0.3, -0.25) is 4.79 Å². The molecule has 0 saturated heterocycles. The van der Waals surface area contributed by atoms with Gasteiger partial charge in [0.25, 0.3) is 5.91 Å². The van der Waals surface area contributed by atoms with Crippen LogP contribution in [0, 0.1) is 19.8 Å². The monoisotopic (exact) mass is 729 g/mol. The van der Waals surface area contributed by atoms with Crippen molar-refractivity contribution < 1.29 is 46.6 Å². The van der Waals surface area contributed by atoms with E-state index in [9.17, 15) is 23.1 Å². The van der Waals surface area contributed by atoms with E-state index in [0.717, 1.165) is 6.42 Å². The Labute approximate surface area is 298 Å². The molecule has 15 nitrogen and oxygen atoms in total. The number of nitrogens with one attached hydrogen (secondary N) is 2. The lowest BCUT2D eigenvalue weighted by molar-refractivity contribution is -0.00835. The Morgan fingerprint density at radius 3 is 2.43 bits per heavy atom. The number of ether oxygens (including phenoxy) is 4. The second-order valence-electron chi connectivity index (χ2n) is 13.1. The molecule has 3 amide bonds. The topological polar surface area (TPSA) is 182 Å². The fourth-order valence-corrected chi connectivity index (χ4v) is 7.55. The molecule has 2 aromatic carbocycles. The summed E-state index contributed by atoms with van der Waals surface area (Å²) in [6.45, 7) is 8.94. The summed E-state index contributed by atoms with van der Waals surface area (Å²) in [6, 6.07) is 8.74. The van der Waals surface area contributed by atoms with E-state index in [2.05, 4.69) is 15.8 Å². The number of hydrogen-bond donors (Lipinski definition) is 3. The van der Waals surface area contributed by atoms with Crippen LogP contribution in [0.3, 0.4) is 0 Å². The highest BCUT2D eigenvalue weighted by Gasteiger charge is 2.34. The Morgan fingerprint density at radius 2 is 1.75 bits per heavy atom. The lowest BCUT2D eigenvalue weighted by Crippen LogP contribution is -2.48. The van der Waals surface area contributed by atoms with Crippen LogP contribution < -0.4 is 24.8 Å². The number of carbonyl (C=O) groups excluding carboxylic acids is 2. The Hall–Kier alpha value is -4.38. The van der Waals surface area contributed by atoms with Gasteiger partial charge in [0.15, 0.2) is 17.3 Å². The van der Waals surface area contributed by atoms with E-state index in [1.807, 2.05) is 13.8 Å². The van der Waals surface area contributed by atoms with Crippen molar-refractivity contribution in [2.45, 2.75) is 77.0 Å². The summed E-state index contributed by atoms with van der Waals surface area (Å²) in [5, 5.41) is 19.6. The van der Waals surface area contributed by atoms with Gasteiger partial charge in [0, 0.05) is 50.1 Å². The lowest BCUT2D eigenvalue weighted by atomic mass is 10.0. The second-order valence-corrected chi connectivity index (χ2v) is 15.1. The SMILES string of the molecule is Cc1noc(C)c1S(=O)(=O)N(C)C[C@H]1OCCCC[C@@H](C)Oc2ccc(NC(=O)Nc3ccc4c(c3)OCO4)cc2C(=O)N([C@@H](C)CO)C[C@H]1C. The summed E-state index contributed by atoms with van der Waals surface area (Å²) in [5.41, 5.74) is 1.29. The van der Waals surface area contributed by atoms with Gasteiger partial charge < -0.3 is 44.1 Å². The standard InChI is InChI=1S/C35H47N5O10S/c1-21-17-40(22(2)19-41)34(42)28-15-26(36-35(43)37-27-11-13-30-31(16-27)48-20-47-30)10-12-29(28)49-23(3)9-7-8-14-46-32(21)18-39(6)51(44,45)33-24(4)38-50-25(33)5/h10-13,15-16,21-23,32,41H,7-9,14,17-20H2,1-6H3,(H2,36,37,43)/t21-,22+,23-,32-/m1/s1. The Morgan fingerprint density at radius 1 is 1.06 bits per heavy atom. The molecule has 3 N–H and O–H groups in total. The van der Waals surface area contributed by atoms with Crippen LogP contribution in [0.2, 0.25) is 0 Å². The lowest BCUT2D eigenvalue weighted by Gasteiger charge is -2.35. The first kappa shape index (κ1) is 37.9. The van der Waals surface area contributed by atoms with Gasteiger partial charge in [0.2, 0.25) is 16.8 Å². The molecule has 0 radical (unpaired) electrons. The van der Waals surface area contributed by atoms with Crippen LogP contribution in [-0.4, -0.2) is 98.2 Å². The maximum absolute atomic E-state index is 14.4. The average Bonchev–Trinajstić information content (AvgIpc) is 3.70. The molecule has 0 saturated carbocycles. The van der Waals surface area contributed by atoms with E-state index in [1.165, 1.54) is 16.3 Å². The number of likely N-dealkylation sites (N-methyl/N-ethyl adjacent to an activating group) is 1. The third kappa shape index (κ3) is 8.92. The number of sulfonamides is 1. The molecule has 0 unspecified atom stereocenters. The summed E-state index contributed by atoms with van der Waals surface area (Å²) in [6.07, 6.45) is 1.30. The van der Waals surface area contributed by atoms with Crippen molar-refractivity contribution in [3.63, 3.8) is 0 Å². The summed E-state index contributed by atoms with van der Waals surface area (Å²) < 4.78 is 56.9. The first-order chi connectivity index (χ1) is 24.3. The molecule has 1 aromatic heterocycles. The van der Waals surface area contributed by atoms with Gasteiger partial charge in [0.05, 0.1) is 30.4 Å². The quantitative estimate of drug-likeness (QED) is 0.290. The maximum atomic E-state index is 14.4. The molecule has 3 heterocycles. The molecule has 51 heavy (non-hydrogen) atoms. The van der Waals surface area contributed by atoms with Gasteiger partial charge in [-0.15, -0.1) is 0 Å². The Balaban J connectivity index is 1.40. The Kier molecular flexibility index (Phi) is 12.1. The molecular weight excluding hydrogens is 682 g/mol. The second kappa shape index (κ2) is 16.3. The van der Waals surface area contributed by atoms with Crippen molar-refractivity contribution in [2.24, 2.45) is 5.92 Å². The van der Waals surface area contributed by atoms with E-state index in [4.69, 9.17) is 23.5 Å². The molecule has 0 spiro atoms. The number of carbonyl (C=O) groups is 2. The number of aliphatic hydroxyl groups excluding tert-OH is 1. The van der Waals surface area contributed by atoms with Crippen molar-refractivity contribution in [1.29, 1.82) is 0 Å². The van der Waals surface area contributed by atoms with Crippen molar-refractivity contribution in [1.82, 2.24) is 14.4 Å². The number of benzene rings is 2. The van der Waals surface area contributed by atoms with Crippen LogP contribution >= 0.6 is 0 Å². The minimum absolute atomic E-state index is 0.00570. The van der Waals surface area contributed by atoms with Crippen molar-refractivity contribution in [3.05, 3.63) is 53.4 Å². The predicted octanol–water partition coefficient (Wildman–Crippen LogP) is 4.78. The van der Waals surface area contributed by atoms with Crippen LogP contribution in [-0.2, 0) is 14.8 Å². The fraction of sp³-hybridized carbons (Fsp3) is 0.514. The summed E-state index contributed by atoms with van der Waals surface area (Å²) >= 11 is 0. The summed E-state index contributed by atoms with van der Waals surface area (Å²) in [4.78, 5) is 29.0. The van der Waals surface area contributed by atoms with E-state index in [-0.39, 0.29) is 60.4 Å². The Bertz CT molecular complexity index is 1800. The van der Waals surface area contributed by atoms with Gasteiger partial charge in [-0.05, 0) is 77.3 Å². The van der Waals surface area contributed by atoms with E-state index >= 15 is 0 Å². The number of aromatic nitrogens is 1. The zero-order chi connectivity index (χ0) is 36.9. The number of anilines is 2. The maximum Gasteiger partial charge on any atom is 0.323 e. The number of aliphatic hydroxyl groups is 1. The van der Waals surface area contributed by atoms with Gasteiger partial charge in [0.1, 0.15) is 16.3 Å². The van der Waals surface area contributed by atoms with Gasteiger partial charge in [-0.25, -0.2) is 13.2 Å². The summed E-state index contributed by atoms with van der Waals surface area (Å²) in [7, 11) is -2.48. The smallest absolute Gasteiger partial charge is 0.323 e. The van der Waals surface area contributed by atoms with Crippen LogP contribution in [0.25, 0.3) is 0 Å². The molecule has 278 valence electrons. The highest BCUT2D eigenvalue weighted by Crippen LogP contribution is 2.34. The van der Waals surface area contributed by atoms with Gasteiger partial charge >= 0.3 is 6.03 Å². The van der Waals surface area contributed by atoms with Gasteiger partial charge in [-0.2, -0.15) is 4.31 Å². The number of rotatable bonds is 8. The van der Waals surface area contributed by atoms with Crippen molar-refractivity contribution >= 4 is 33.3 Å². The minimum Gasteiger partial charge on any atom is -0.490 e. The molecule has 3 aromatic rings. The minimum atomic E-state index is -3.96. The predicted molar refractivity (Wildman–Crippen MR) is 188 cm³/mol. The number of amides is 3. The molecule has 0 bridgehead atoms. The van der Waals surface area contributed by atoms with E-state index < -0.39 is 34.1 Å². The normalized spacial score (nSPS) is 20.7. The molecule has 0 fully saturated rings. The zero-order valence-electron chi connectivity index (χ0n) is 29.8. The summed E-state index contributed by atoms with van der Waals surface area (Å²) in [5.74, 6) is 0.838. The molecule has 4 atom stereocenters. The van der Waals surface area contributed by atoms with E-state index in [1.54, 1.807) is 57.2 Å². The van der Waals surface area contributed by atoms with Gasteiger partial charge in [-0.1, -0.05) is 12.1 Å². The number of urea groups is 1. The third-order valence-electron chi connectivity index (χ3n) is 9.01. The van der Waals surface area contributed by atoms with Crippen LogP contribution in [0.5, 0.6) is 17.2 Å². The van der Waals surface area contributed by atoms with Crippen LogP contribution in [0.1, 0.15) is 61.8 Å². The zero-order valence-corrected chi connectivity index (χ0v) is 30.6. The molecule has 0 aliphatic carbocycles. The molecule has 16 heteroatoms. The fourth-order valence-electron chi connectivity index (χ4n) is 6.08. The molecule has 2 aliphatic heterocycles. The molecule has 5 rings (SSSR count). The largest absolute Gasteiger partial charge is 0.490 e. The highest BCUT2D eigenvalue weighted by atomic mass is 32.2. The van der Waals surface area contributed by atoms with E-state index in [0.29, 0.717) is 48.1 Å². The number of nitrogens with zero attached hydrogens (tertiary/aromatic N) is 3. The van der Waals surface area contributed by atoms with Crippen molar-refractivity contribution in [3.8, 4) is 17.2 Å². The number of fused-ring (bicyclic) bond motifs is 2. The number of aryl methyl sites for hydroxylation is 2. The van der Waals surface area contributed by atoms with Crippen LogP contribution in [0.15, 0.2) is 45.8 Å². The molecule has 2 aliphatic rings. The average molecular weight is 730 g/mol. The molecular formula is C35H47N5O10S. The third-order valence-corrected chi connectivity index (χ3v) is 11.1. The number of hydrogen-bond acceptors (Lipinski definition) is 11. The highest BCUT2D eigenvalue weighted by molar-refractivity contribution is 7.89. The van der Waals surface area contributed by atoms with Crippen LogP contribution in [0.4, 0.5) is 16.2 Å². The first-order valence-electron chi connectivity index (χ1n) is 17.0. The first-order valence-corrected chi connectivity index (χ1v) is 18.4. The van der Waals surface area contributed by atoms with Crippen molar-refractivity contribution in [2.75, 3.05) is 50.8 Å².